The minimum atomic E-state index is -0.906. The number of piperidine rings is 1. The van der Waals surface area contributed by atoms with Crippen molar-refractivity contribution in [1.82, 2.24) is 10.2 Å². The van der Waals surface area contributed by atoms with Crippen molar-refractivity contribution in [3.8, 4) is 0 Å². The van der Waals surface area contributed by atoms with E-state index in [9.17, 15) is 9.90 Å². The minimum Gasteiger partial charge on any atom is -0.480 e. The molecule has 1 fully saturated rings. The highest BCUT2D eigenvalue weighted by Crippen LogP contribution is 2.35. The number of hydrogen-bond acceptors (Lipinski definition) is 4. The van der Waals surface area contributed by atoms with E-state index >= 15 is 0 Å². The van der Waals surface area contributed by atoms with Crippen LogP contribution in [0.2, 0.25) is 0 Å². The highest BCUT2D eigenvalue weighted by atomic mass is 16.4. The van der Waals surface area contributed by atoms with Gasteiger partial charge in [-0.3, -0.25) is 0 Å². The van der Waals surface area contributed by atoms with E-state index in [4.69, 9.17) is 0 Å². The number of rotatable bonds is 2. The molecule has 1 N–H and O–H groups in total. The number of fused-ring (bicyclic) bond motifs is 1. The number of carbonyl (C=O) groups is 1. The van der Waals surface area contributed by atoms with Crippen LogP contribution >= 0.6 is 0 Å². The molecule has 20 heavy (non-hydrogen) atoms. The summed E-state index contributed by atoms with van der Waals surface area (Å²) in [6.45, 7) is 2.48. The summed E-state index contributed by atoms with van der Waals surface area (Å²) in [7, 11) is 0. The molecule has 1 aliphatic rings. The summed E-state index contributed by atoms with van der Waals surface area (Å²) in [5, 5.41) is 19.8. The van der Waals surface area contributed by atoms with Crippen LogP contribution in [0, 0.1) is 0 Å². The predicted octanol–water partition coefficient (Wildman–Crippen LogP) is 2.46. The van der Waals surface area contributed by atoms with Crippen molar-refractivity contribution in [2.45, 2.75) is 31.7 Å². The van der Waals surface area contributed by atoms with Crippen LogP contribution in [0.3, 0.4) is 0 Å². The molecule has 1 atom stereocenters. The van der Waals surface area contributed by atoms with Gasteiger partial charge in [-0.25, -0.2) is 4.79 Å². The smallest absolute Gasteiger partial charge is 0.329 e. The number of anilines is 1. The van der Waals surface area contributed by atoms with Crippen LogP contribution in [0.5, 0.6) is 0 Å². The maximum absolute atomic E-state index is 11.7. The van der Waals surface area contributed by atoms with Gasteiger partial charge in [-0.2, -0.15) is 5.10 Å². The summed E-state index contributed by atoms with van der Waals surface area (Å²) in [5.74, 6) is -0.125. The van der Waals surface area contributed by atoms with Crippen molar-refractivity contribution in [2.75, 3.05) is 11.4 Å². The van der Waals surface area contributed by atoms with Gasteiger partial charge in [0.2, 0.25) is 0 Å². The molecule has 3 rings (SSSR count). The summed E-state index contributed by atoms with van der Waals surface area (Å²) in [6.07, 6.45) is 4.25. The van der Waals surface area contributed by atoms with E-state index in [1.165, 1.54) is 0 Å². The van der Waals surface area contributed by atoms with Crippen LogP contribution in [0.25, 0.3) is 10.8 Å². The molecule has 1 saturated heterocycles. The van der Waals surface area contributed by atoms with Gasteiger partial charge in [0.25, 0.3) is 0 Å². The lowest BCUT2D eigenvalue weighted by Crippen LogP contribution is -2.55. The third-order valence-electron chi connectivity index (χ3n) is 4.16. The Balaban J connectivity index is 2.16. The predicted molar refractivity (Wildman–Crippen MR) is 76.8 cm³/mol. The molecule has 2 aromatic rings. The highest BCUT2D eigenvalue weighted by molar-refractivity contribution is 5.94. The van der Waals surface area contributed by atoms with E-state index in [1.807, 2.05) is 29.2 Å². The fourth-order valence-electron chi connectivity index (χ4n) is 2.90. The number of benzene rings is 1. The molecule has 1 aliphatic heterocycles. The number of carboxylic acids is 1. The molecule has 0 radical (unpaired) electrons. The largest absolute Gasteiger partial charge is 0.480 e. The molecule has 1 aromatic carbocycles. The first kappa shape index (κ1) is 12.8. The first-order valence-electron chi connectivity index (χ1n) is 6.84. The Bertz CT molecular complexity index is 653. The van der Waals surface area contributed by atoms with Gasteiger partial charge < -0.3 is 10.0 Å². The fraction of sp³-hybridized carbons (Fsp3) is 0.400. The average Bonchev–Trinajstić information content (AvgIpc) is 2.47. The van der Waals surface area contributed by atoms with Crippen molar-refractivity contribution < 1.29 is 9.90 Å². The zero-order chi connectivity index (χ0) is 14.2. The van der Waals surface area contributed by atoms with Crippen LogP contribution in [-0.2, 0) is 4.79 Å². The lowest BCUT2D eigenvalue weighted by molar-refractivity contribution is -0.143. The lowest BCUT2D eigenvalue weighted by atomic mass is 9.88. The van der Waals surface area contributed by atoms with Gasteiger partial charge in [0.1, 0.15) is 5.54 Å². The molecule has 104 valence electrons. The quantitative estimate of drug-likeness (QED) is 0.908. The third-order valence-corrected chi connectivity index (χ3v) is 4.16. The molecule has 5 nitrogen and oxygen atoms in total. The van der Waals surface area contributed by atoms with Crippen LogP contribution in [0.15, 0.2) is 30.5 Å². The van der Waals surface area contributed by atoms with E-state index in [-0.39, 0.29) is 0 Å². The fourth-order valence-corrected chi connectivity index (χ4v) is 2.90. The Hall–Kier alpha value is -2.17. The Kier molecular flexibility index (Phi) is 3.04. The maximum Gasteiger partial charge on any atom is 0.329 e. The summed E-state index contributed by atoms with van der Waals surface area (Å²) >= 11 is 0. The van der Waals surface area contributed by atoms with E-state index in [0.717, 1.165) is 23.6 Å². The van der Waals surface area contributed by atoms with Crippen LogP contribution in [0.4, 0.5) is 5.82 Å². The van der Waals surface area contributed by atoms with Crippen molar-refractivity contribution in [3.63, 3.8) is 0 Å². The second-order valence-corrected chi connectivity index (χ2v) is 5.44. The average molecular weight is 271 g/mol. The molecule has 0 amide bonds. The van der Waals surface area contributed by atoms with E-state index in [0.29, 0.717) is 18.8 Å². The first-order chi connectivity index (χ1) is 9.63. The van der Waals surface area contributed by atoms with Gasteiger partial charge in [0.15, 0.2) is 5.82 Å². The molecular formula is C15H17N3O2. The summed E-state index contributed by atoms with van der Waals surface area (Å²) in [4.78, 5) is 13.6. The summed E-state index contributed by atoms with van der Waals surface area (Å²) < 4.78 is 0. The van der Waals surface area contributed by atoms with Crippen LogP contribution < -0.4 is 4.90 Å². The second-order valence-electron chi connectivity index (χ2n) is 5.44. The summed E-state index contributed by atoms with van der Waals surface area (Å²) in [6, 6.07) is 7.82. The molecule has 0 spiro atoms. The van der Waals surface area contributed by atoms with Crippen molar-refractivity contribution >= 4 is 22.6 Å². The van der Waals surface area contributed by atoms with Crippen molar-refractivity contribution in [2.24, 2.45) is 0 Å². The zero-order valence-corrected chi connectivity index (χ0v) is 11.4. The van der Waals surface area contributed by atoms with Gasteiger partial charge in [0, 0.05) is 17.3 Å². The van der Waals surface area contributed by atoms with E-state index in [1.54, 1.807) is 13.1 Å². The molecule has 1 aromatic heterocycles. The highest BCUT2D eigenvalue weighted by Gasteiger charge is 2.42. The van der Waals surface area contributed by atoms with Gasteiger partial charge in [0.05, 0.1) is 6.20 Å². The second kappa shape index (κ2) is 4.74. The topological polar surface area (TPSA) is 66.3 Å². The molecule has 5 heteroatoms. The van der Waals surface area contributed by atoms with Crippen molar-refractivity contribution in [1.29, 1.82) is 0 Å². The molecule has 1 unspecified atom stereocenters. The molecule has 0 aliphatic carbocycles. The number of nitrogens with zero attached hydrogens (tertiary/aromatic N) is 3. The van der Waals surface area contributed by atoms with Crippen molar-refractivity contribution in [3.05, 3.63) is 30.5 Å². The SMILES string of the molecule is CC1(C(=O)O)CCCCN1c1nncc2ccccc12. The standard InChI is InChI=1S/C15H17N3O2/c1-15(14(19)20)8-4-5-9-18(15)13-12-7-3-2-6-11(12)10-16-17-13/h2-3,6-7,10H,4-5,8-9H2,1H3,(H,19,20). The van der Waals surface area contributed by atoms with Crippen LogP contribution in [0.1, 0.15) is 26.2 Å². The number of hydrogen-bond donors (Lipinski definition) is 1. The molecule has 0 bridgehead atoms. The van der Waals surface area contributed by atoms with Crippen LogP contribution in [-0.4, -0.2) is 33.4 Å². The van der Waals surface area contributed by atoms with E-state index in [2.05, 4.69) is 10.2 Å². The Labute approximate surface area is 117 Å². The van der Waals surface area contributed by atoms with Gasteiger partial charge in [-0.1, -0.05) is 24.3 Å². The number of carboxylic acid groups (broad SMARTS) is 1. The Morgan fingerprint density at radius 3 is 2.95 bits per heavy atom. The number of aromatic nitrogens is 2. The lowest BCUT2D eigenvalue weighted by Gasteiger charge is -2.42. The molecular weight excluding hydrogens is 254 g/mol. The molecule has 2 heterocycles. The monoisotopic (exact) mass is 271 g/mol. The first-order valence-corrected chi connectivity index (χ1v) is 6.84. The molecule has 0 saturated carbocycles. The van der Waals surface area contributed by atoms with Gasteiger partial charge in [-0.15, -0.1) is 5.10 Å². The maximum atomic E-state index is 11.7. The summed E-state index contributed by atoms with van der Waals surface area (Å²) in [5.41, 5.74) is -0.906. The minimum absolute atomic E-state index is 0.632. The Morgan fingerprint density at radius 2 is 2.15 bits per heavy atom. The Morgan fingerprint density at radius 1 is 1.35 bits per heavy atom. The normalized spacial score (nSPS) is 22.9. The van der Waals surface area contributed by atoms with Gasteiger partial charge in [-0.05, 0) is 26.2 Å². The third kappa shape index (κ3) is 1.90. The van der Waals surface area contributed by atoms with Gasteiger partial charge >= 0.3 is 5.97 Å². The zero-order valence-electron chi connectivity index (χ0n) is 11.4. The number of aliphatic carboxylic acids is 1. The van der Waals surface area contributed by atoms with E-state index < -0.39 is 11.5 Å².